The van der Waals surface area contributed by atoms with Gasteiger partial charge < -0.3 is 14.6 Å². The largest absolute Gasteiger partial charge is 0.497 e. The number of nitrogens with one attached hydrogen (secondary N) is 1. The van der Waals surface area contributed by atoms with Gasteiger partial charge in [-0.25, -0.2) is 0 Å². The molecule has 0 bridgehead atoms. The van der Waals surface area contributed by atoms with Crippen LogP contribution in [0.3, 0.4) is 0 Å². The second-order valence-electron chi connectivity index (χ2n) is 6.82. The van der Waals surface area contributed by atoms with Gasteiger partial charge >= 0.3 is 0 Å². The molecule has 3 rings (SSSR count). The highest BCUT2D eigenvalue weighted by atomic mass is 32.2. The number of thioether (sulfide) groups is 1. The number of benzene rings is 2. The average Bonchev–Trinajstić information content (AvgIpc) is 3.10. The molecule has 1 N–H and O–H groups in total. The summed E-state index contributed by atoms with van der Waals surface area (Å²) >= 11 is 1.40. The van der Waals surface area contributed by atoms with Crippen LogP contribution in [0.25, 0.3) is 0 Å². The number of anilines is 1. The molecule has 0 atom stereocenters. The number of aryl methyl sites for hydroxylation is 2. The van der Waals surface area contributed by atoms with Gasteiger partial charge in [0.2, 0.25) is 5.91 Å². The zero-order chi connectivity index (χ0) is 20.8. The highest BCUT2D eigenvalue weighted by molar-refractivity contribution is 7.99. The number of carbonyl (C=O) groups is 1. The molecule has 0 unspecified atom stereocenters. The molecular formula is C22H26N4O2S. The first-order valence-corrected chi connectivity index (χ1v) is 10.5. The molecule has 0 aliphatic carbocycles. The fraction of sp³-hybridized carbons (Fsp3) is 0.318. The summed E-state index contributed by atoms with van der Waals surface area (Å²) in [5.41, 5.74) is 4.22. The Bertz CT molecular complexity index is 983. The van der Waals surface area contributed by atoms with Crippen LogP contribution in [0.15, 0.2) is 47.6 Å². The smallest absolute Gasteiger partial charge is 0.234 e. The zero-order valence-electron chi connectivity index (χ0n) is 17.2. The molecule has 1 heterocycles. The number of hydrogen-bond acceptors (Lipinski definition) is 5. The fourth-order valence-corrected chi connectivity index (χ4v) is 3.89. The summed E-state index contributed by atoms with van der Waals surface area (Å²) in [6.45, 7) is 6.84. The summed E-state index contributed by atoms with van der Waals surface area (Å²) in [6, 6.07) is 13.9. The van der Waals surface area contributed by atoms with Gasteiger partial charge in [0.1, 0.15) is 11.6 Å². The van der Waals surface area contributed by atoms with E-state index in [9.17, 15) is 4.79 Å². The molecule has 1 amide bonds. The number of nitrogens with zero attached hydrogens (tertiary/aromatic N) is 3. The molecule has 2 aromatic carbocycles. The Morgan fingerprint density at radius 2 is 1.90 bits per heavy atom. The van der Waals surface area contributed by atoms with Crippen LogP contribution in [0.4, 0.5) is 5.69 Å². The number of amides is 1. The van der Waals surface area contributed by atoms with E-state index in [2.05, 4.69) is 33.1 Å². The quantitative estimate of drug-likeness (QED) is 0.563. The van der Waals surface area contributed by atoms with Crippen LogP contribution < -0.4 is 10.1 Å². The Morgan fingerprint density at radius 3 is 2.55 bits per heavy atom. The van der Waals surface area contributed by atoms with Crippen molar-refractivity contribution in [1.82, 2.24) is 14.8 Å². The molecule has 29 heavy (non-hydrogen) atoms. The van der Waals surface area contributed by atoms with E-state index in [0.29, 0.717) is 6.42 Å². The van der Waals surface area contributed by atoms with Crippen molar-refractivity contribution in [2.24, 2.45) is 0 Å². The lowest BCUT2D eigenvalue weighted by Gasteiger charge is -2.10. The van der Waals surface area contributed by atoms with Crippen molar-refractivity contribution in [2.45, 2.75) is 38.9 Å². The number of aromatic nitrogens is 3. The van der Waals surface area contributed by atoms with Crippen LogP contribution in [0.2, 0.25) is 0 Å². The molecule has 0 spiro atoms. The molecule has 0 aliphatic heterocycles. The third-order valence-corrected chi connectivity index (χ3v) is 5.59. The second-order valence-corrected chi connectivity index (χ2v) is 7.77. The summed E-state index contributed by atoms with van der Waals surface area (Å²) in [7, 11) is 1.66. The van der Waals surface area contributed by atoms with Gasteiger partial charge in [-0.2, -0.15) is 0 Å². The van der Waals surface area contributed by atoms with Crippen LogP contribution in [0, 0.1) is 13.8 Å². The number of hydrogen-bond donors (Lipinski definition) is 1. The maximum atomic E-state index is 12.4. The highest BCUT2D eigenvalue weighted by Gasteiger charge is 2.14. The van der Waals surface area contributed by atoms with Gasteiger partial charge in [-0.05, 0) is 50.1 Å². The molecule has 0 radical (unpaired) electrons. The third kappa shape index (κ3) is 5.38. The molecule has 6 nitrogen and oxygen atoms in total. The molecule has 7 heteroatoms. The maximum absolute atomic E-state index is 12.4. The van der Waals surface area contributed by atoms with E-state index in [1.165, 1.54) is 17.3 Å². The van der Waals surface area contributed by atoms with Gasteiger partial charge in [-0.3, -0.25) is 4.79 Å². The first-order valence-electron chi connectivity index (χ1n) is 9.55. The van der Waals surface area contributed by atoms with Crippen LogP contribution in [0.5, 0.6) is 5.75 Å². The van der Waals surface area contributed by atoms with E-state index in [1.807, 2.05) is 50.2 Å². The van der Waals surface area contributed by atoms with E-state index in [0.717, 1.165) is 40.1 Å². The van der Waals surface area contributed by atoms with E-state index < -0.39 is 0 Å². The van der Waals surface area contributed by atoms with E-state index in [4.69, 9.17) is 4.74 Å². The Kier molecular flexibility index (Phi) is 6.93. The van der Waals surface area contributed by atoms with Crippen molar-refractivity contribution in [3.63, 3.8) is 0 Å². The minimum atomic E-state index is -0.0516. The monoisotopic (exact) mass is 410 g/mol. The molecule has 1 aromatic heterocycles. The molecule has 0 fully saturated rings. The minimum Gasteiger partial charge on any atom is -0.497 e. The second kappa shape index (κ2) is 9.60. The first-order chi connectivity index (χ1) is 14.0. The van der Waals surface area contributed by atoms with Gasteiger partial charge in [0.15, 0.2) is 5.16 Å². The number of rotatable bonds is 8. The summed E-state index contributed by atoms with van der Waals surface area (Å²) in [5.74, 6) is 1.95. The van der Waals surface area contributed by atoms with Crippen LogP contribution >= 0.6 is 11.8 Å². The third-order valence-electron chi connectivity index (χ3n) is 4.62. The summed E-state index contributed by atoms with van der Waals surface area (Å²) in [4.78, 5) is 12.4. The molecule has 0 saturated heterocycles. The molecule has 152 valence electrons. The summed E-state index contributed by atoms with van der Waals surface area (Å²) in [6.07, 6.45) is 0.681. The number of carbonyl (C=O) groups excluding carboxylic acids is 1. The number of ether oxygens (including phenoxy) is 1. The minimum absolute atomic E-state index is 0.0516. The van der Waals surface area contributed by atoms with E-state index in [-0.39, 0.29) is 11.7 Å². The number of methoxy groups -OCH3 is 1. The van der Waals surface area contributed by atoms with Crippen molar-refractivity contribution in [2.75, 3.05) is 18.2 Å². The standard InChI is InChI=1S/C22H26N4O2S/c1-5-26-20(13-17-7-9-18(28-4)10-8-17)24-25-22(26)29-14-21(27)23-19-11-6-15(2)12-16(19)3/h6-12H,5,13-14H2,1-4H3,(H,23,27). The van der Waals surface area contributed by atoms with Crippen LogP contribution in [0.1, 0.15) is 29.4 Å². The Morgan fingerprint density at radius 1 is 1.14 bits per heavy atom. The Balaban J connectivity index is 1.62. The van der Waals surface area contributed by atoms with Crippen molar-refractivity contribution in [3.8, 4) is 5.75 Å². The predicted molar refractivity (Wildman–Crippen MR) is 117 cm³/mol. The molecule has 0 aliphatic rings. The summed E-state index contributed by atoms with van der Waals surface area (Å²) in [5, 5.41) is 12.4. The molecule has 0 saturated carbocycles. The fourth-order valence-electron chi connectivity index (χ4n) is 3.07. The maximum Gasteiger partial charge on any atom is 0.234 e. The average molecular weight is 411 g/mol. The van der Waals surface area contributed by atoms with Crippen LogP contribution in [-0.4, -0.2) is 33.5 Å². The van der Waals surface area contributed by atoms with Gasteiger partial charge in [0, 0.05) is 18.7 Å². The molecule has 3 aromatic rings. The van der Waals surface area contributed by atoms with Crippen molar-refractivity contribution < 1.29 is 9.53 Å². The topological polar surface area (TPSA) is 69.0 Å². The van der Waals surface area contributed by atoms with Crippen molar-refractivity contribution in [3.05, 3.63) is 65.0 Å². The predicted octanol–water partition coefficient (Wildman–Crippen LogP) is 4.25. The van der Waals surface area contributed by atoms with Crippen molar-refractivity contribution in [1.29, 1.82) is 0 Å². The Hall–Kier alpha value is -2.80. The SMILES string of the molecule is CCn1c(Cc2ccc(OC)cc2)nnc1SCC(=O)Nc1ccc(C)cc1C. The molecular weight excluding hydrogens is 384 g/mol. The lowest BCUT2D eigenvalue weighted by molar-refractivity contribution is -0.113. The van der Waals surface area contributed by atoms with Gasteiger partial charge in [0.05, 0.1) is 12.9 Å². The van der Waals surface area contributed by atoms with Gasteiger partial charge in [-0.15, -0.1) is 10.2 Å². The van der Waals surface area contributed by atoms with Crippen molar-refractivity contribution >= 4 is 23.4 Å². The van der Waals surface area contributed by atoms with Gasteiger partial charge in [0.25, 0.3) is 0 Å². The van der Waals surface area contributed by atoms with E-state index >= 15 is 0 Å². The first kappa shape index (κ1) is 20.9. The lowest BCUT2D eigenvalue weighted by atomic mass is 10.1. The normalized spacial score (nSPS) is 10.8. The lowest BCUT2D eigenvalue weighted by Crippen LogP contribution is -2.15. The van der Waals surface area contributed by atoms with Gasteiger partial charge in [-0.1, -0.05) is 41.6 Å². The zero-order valence-corrected chi connectivity index (χ0v) is 18.0. The van der Waals surface area contributed by atoms with Crippen LogP contribution in [-0.2, 0) is 17.8 Å². The summed E-state index contributed by atoms with van der Waals surface area (Å²) < 4.78 is 7.26. The Labute approximate surface area is 175 Å². The highest BCUT2D eigenvalue weighted by Crippen LogP contribution is 2.21. The van der Waals surface area contributed by atoms with E-state index in [1.54, 1.807) is 7.11 Å².